The molecule has 0 saturated heterocycles. The van der Waals surface area contributed by atoms with Gasteiger partial charge < -0.3 is 8.80 Å². The highest BCUT2D eigenvalue weighted by Crippen LogP contribution is 2.52. The van der Waals surface area contributed by atoms with E-state index in [1.54, 1.807) is 0 Å². The molecule has 5 aromatic heterocycles. The van der Waals surface area contributed by atoms with E-state index in [1.807, 2.05) is 11.3 Å². The molecule has 0 amide bonds. The van der Waals surface area contributed by atoms with Crippen LogP contribution in [0.4, 0.5) is 0 Å². The van der Waals surface area contributed by atoms with Gasteiger partial charge in [0.05, 0.1) is 56.3 Å². The summed E-state index contributed by atoms with van der Waals surface area (Å²) in [4.78, 5) is 17.1. The summed E-state index contributed by atoms with van der Waals surface area (Å²) >= 11 is 1.88. The summed E-state index contributed by atoms with van der Waals surface area (Å²) in [5.41, 5.74) is 31.4. The minimum Gasteiger partial charge on any atom is -0.308 e. The van der Waals surface area contributed by atoms with Crippen molar-refractivity contribution >= 4 is 158 Å². The lowest BCUT2D eigenvalue weighted by Gasteiger charge is -2.31. The summed E-state index contributed by atoms with van der Waals surface area (Å²) in [6.45, 7) is 4.61. The number of nitrogens with zero attached hydrogens (tertiary/aromatic N) is 5. The van der Waals surface area contributed by atoms with Crippen molar-refractivity contribution in [2.75, 3.05) is 0 Å². The molecule has 548 valence electrons. The van der Waals surface area contributed by atoms with Crippen molar-refractivity contribution in [3.05, 3.63) is 409 Å². The number of hydrogen-bond donors (Lipinski definition) is 0. The molecule has 5 nitrogen and oxygen atoms in total. The molecule has 117 heavy (non-hydrogen) atoms. The zero-order valence-corrected chi connectivity index (χ0v) is 65.2. The summed E-state index contributed by atoms with van der Waals surface area (Å²) in [6.07, 6.45) is 3.89. The molecule has 17 aromatic carbocycles. The van der Waals surface area contributed by atoms with Gasteiger partial charge in [0.2, 0.25) is 0 Å². The first-order valence-electron chi connectivity index (χ1n) is 40.8. The number of allylic oxidation sites excluding steroid dienone is 3. The molecule has 0 fully saturated rings. The van der Waals surface area contributed by atoms with Gasteiger partial charge in [-0.05, 0) is 179 Å². The Balaban J connectivity index is 0.615. The molecule has 2 atom stereocenters. The van der Waals surface area contributed by atoms with Crippen LogP contribution in [-0.4, -0.2) is 26.1 Å². The van der Waals surface area contributed by atoms with E-state index in [9.17, 15) is 0 Å². The van der Waals surface area contributed by atoms with E-state index in [0.717, 1.165) is 73.9 Å². The number of aliphatic imine (C=N–C) groups is 3. The van der Waals surface area contributed by atoms with Gasteiger partial charge >= 0.3 is 0 Å². The Morgan fingerprint density at radius 2 is 0.846 bits per heavy atom. The number of benzene rings is 17. The van der Waals surface area contributed by atoms with Crippen LogP contribution < -0.4 is 0 Å². The molecule has 24 rings (SSSR count). The van der Waals surface area contributed by atoms with Gasteiger partial charge in [-0.2, -0.15) is 0 Å². The van der Waals surface area contributed by atoms with Gasteiger partial charge in [-0.25, -0.2) is 4.99 Å². The zero-order valence-electron chi connectivity index (χ0n) is 64.4. The number of para-hydroxylation sites is 4. The number of rotatable bonds is 12. The highest BCUT2D eigenvalue weighted by Gasteiger charge is 2.36. The molecule has 2 aliphatic rings. The van der Waals surface area contributed by atoms with Crippen molar-refractivity contribution in [2.24, 2.45) is 20.9 Å². The van der Waals surface area contributed by atoms with Crippen molar-refractivity contribution in [3.63, 3.8) is 0 Å². The quantitative estimate of drug-likeness (QED) is 0.109. The Hall–Kier alpha value is -14.4. The number of hydrogen-bond acceptors (Lipinski definition) is 4. The summed E-state index contributed by atoms with van der Waals surface area (Å²) in [5, 5.41) is 17.5. The first-order chi connectivity index (χ1) is 57.9. The van der Waals surface area contributed by atoms with E-state index in [2.05, 4.69) is 393 Å². The number of fused-ring (bicyclic) bond motifs is 18. The Morgan fingerprint density at radius 3 is 1.56 bits per heavy atom. The van der Waals surface area contributed by atoms with Crippen LogP contribution in [0.25, 0.3) is 185 Å². The van der Waals surface area contributed by atoms with E-state index < -0.39 is 0 Å². The largest absolute Gasteiger partial charge is 0.308 e. The maximum Gasteiger partial charge on any atom is 0.155 e. The zero-order chi connectivity index (χ0) is 77.1. The van der Waals surface area contributed by atoms with Gasteiger partial charge in [-0.15, -0.1) is 11.3 Å². The van der Waals surface area contributed by atoms with Crippen molar-refractivity contribution < 1.29 is 0 Å². The maximum atomic E-state index is 5.85. The normalized spacial score (nSPS) is 14.9. The molecule has 0 spiro atoms. The molecular weight excluding hydrogens is 1440 g/mol. The van der Waals surface area contributed by atoms with Gasteiger partial charge in [0.1, 0.15) is 0 Å². The SMILES string of the molecule is CCC1C(c2ccc(-c3ccccc3)cc2)=NC(c2ccccc2)=NC1c1ccc2c(c1-c1ccc3ccc4cc(-c5ccc(C6=CC(c7cccc(-c8ccc9c(c8-c8ccc%10c(c8)sc8ccccc8%10)c8cccc%10c%11ccccc%11n9c%108)c7)=C(C)CC(c7ccccc7)=N6)cc5)ccc4c3c1)c1cccc3c4ccccc4n2c31. The van der Waals surface area contributed by atoms with Crippen molar-refractivity contribution in [2.45, 2.75) is 32.7 Å². The van der Waals surface area contributed by atoms with Gasteiger partial charge in [0.15, 0.2) is 5.84 Å². The van der Waals surface area contributed by atoms with E-state index in [4.69, 9.17) is 15.0 Å². The maximum absolute atomic E-state index is 5.85. The Kier molecular flexibility index (Phi) is 15.2. The average molecular weight is 1510 g/mol. The van der Waals surface area contributed by atoms with E-state index >= 15 is 0 Å². The van der Waals surface area contributed by atoms with Crippen LogP contribution in [0.3, 0.4) is 0 Å². The van der Waals surface area contributed by atoms with Gasteiger partial charge in [-0.1, -0.05) is 322 Å². The monoisotopic (exact) mass is 1510 g/mol. The second-order valence-corrected chi connectivity index (χ2v) is 32.9. The third-order valence-electron chi connectivity index (χ3n) is 25.4. The third kappa shape index (κ3) is 10.6. The molecule has 0 aliphatic carbocycles. The van der Waals surface area contributed by atoms with E-state index in [-0.39, 0.29) is 12.0 Å². The smallest absolute Gasteiger partial charge is 0.155 e. The molecule has 6 heteroatoms. The Labute approximate surface area is 680 Å². The molecule has 0 saturated carbocycles. The van der Waals surface area contributed by atoms with Gasteiger partial charge in [0.25, 0.3) is 0 Å². The minimum atomic E-state index is -0.262. The van der Waals surface area contributed by atoms with Crippen LogP contribution in [0.5, 0.6) is 0 Å². The second-order valence-electron chi connectivity index (χ2n) is 31.9. The molecule has 2 aliphatic heterocycles. The Bertz CT molecular complexity index is 8050. The molecule has 22 aromatic rings. The van der Waals surface area contributed by atoms with E-state index in [1.165, 1.54) is 174 Å². The molecule has 0 bridgehead atoms. The highest BCUT2D eigenvalue weighted by molar-refractivity contribution is 7.25. The predicted octanol–water partition coefficient (Wildman–Crippen LogP) is 29.7. The van der Waals surface area contributed by atoms with Crippen LogP contribution in [0, 0.1) is 5.92 Å². The van der Waals surface area contributed by atoms with Crippen LogP contribution in [-0.2, 0) is 0 Å². The summed E-state index contributed by atoms with van der Waals surface area (Å²) in [5.74, 6) is 0.724. The fraction of sp³-hybridized carbons (Fsp3) is 0.0541. The summed E-state index contributed by atoms with van der Waals surface area (Å²) in [7, 11) is 0. The average Bonchev–Trinajstić information content (AvgIpc) is 1.54. The van der Waals surface area contributed by atoms with Crippen LogP contribution >= 0.6 is 11.3 Å². The molecule has 0 N–H and O–H groups in total. The number of aromatic nitrogens is 2. The van der Waals surface area contributed by atoms with Crippen LogP contribution in [0.1, 0.15) is 66.1 Å². The standard InChI is InChI=1S/C111H73N5S/c1-3-81-107(73-48-42-68(43-49-73)67-22-7-4-8-23-67)113-111(74-26-11-6-12-27-74)114-108(81)90-57-59-100-106(92-36-21-34-89-85-31-14-17-38-98(85)116(100)110(89)92)104(90)79-51-45-70-44-50-78-61-75(52-54-82(78)94(70)63-79)69-40-46-72(47-41-69)96-65-93(66(2)60-95(112-96)71-24-9-5-10-25-71)77-29-19-28-76(62-77)83-56-58-99-105(91-35-20-33-88-84-30-13-16-37-97(84)115(99)109(88)91)103(83)80-53-55-87-86-32-15-18-39-101(86)117-102(87)64-80/h4-59,61-65,81,108H,3,60H2,1-2H3. The minimum absolute atomic E-state index is 0.0284. The molecule has 2 unspecified atom stereocenters. The fourth-order valence-corrected chi connectivity index (χ4v) is 21.1. The second kappa shape index (κ2) is 26.6. The first-order valence-corrected chi connectivity index (χ1v) is 41.6. The topological polar surface area (TPSA) is 45.9 Å². The first kappa shape index (κ1) is 67.1. The third-order valence-corrected chi connectivity index (χ3v) is 26.6. The molecule has 7 heterocycles. The number of thiophene rings is 1. The van der Waals surface area contributed by atoms with E-state index in [0.29, 0.717) is 6.42 Å². The Morgan fingerprint density at radius 1 is 0.333 bits per heavy atom. The van der Waals surface area contributed by atoms with Crippen molar-refractivity contribution in [1.82, 2.24) is 8.80 Å². The lowest BCUT2D eigenvalue weighted by molar-refractivity contribution is 0.534. The molecular formula is C111H73N5S. The molecule has 0 radical (unpaired) electrons. The highest BCUT2D eigenvalue weighted by atomic mass is 32.1. The van der Waals surface area contributed by atoms with Crippen LogP contribution in [0.15, 0.2) is 391 Å². The predicted molar refractivity (Wildman–Crippen MR) is 498 cm³/mol. The van der Waals surface area contributed by atoms with Crippen molar-refractivity contribution in [1.29, 1.82) is 0 Å². The van der Waals surface area contributed by atoms with Crippen LogP contribution in [0.2, 0.25) is 0 Å². The summed E-state index contributed by atoms with van der Waals surface area (Å²) < 4.78 is 7.62. The lowest BCUT2D eigenvalue weighted by Crippen LogP contribution is -2.28. The van der Waals surface area contributed by atoms with Gasteiger partial charge in [-0.3, -0.25) is 9.98 Å². The number of amidine groups is 1. The van der Waals surface area contributed by atoms with Gasteiger partial charge in [0, 0.05) is 86.7 Å². The fourth-order valence-electron chi connectivity index (χ4n) is 20.0. The summed E-state index contributed by atoms with van der Waals surface area (Å²) in [6, 6.07) is 135. The lowest BCUT2D eigenvalue weighted by atomic mass is 9.79. The van der Waals surface area contributed by atoms with Crippen molar-refractivity contribution in [3.8, 4) is 55.6 Å².